The molecule has 0 heterocycles. The normalized spacial score (nSPS) is 16.8. The molecule has 1 unspecified atom stereocenters. The maximum absolute atomic E-state index is 12.7. The lowest BCUT2D eigenvalue weighted by atomic mass is 10.3. The van der Waals surface area contributed by atoms with E-state index in [0.29, 0.717) is 0 Å². The summed E-state index contributed by atoms with van der Waals surface area (Å²) in [5, 5.41) is 0. The molecule has 0 aliphatic heterocycles. The number of ether oxygens (including phenoxy) is 2. The quantitative estimate of drug-likeness (QED) is 0.445. The van der Waals surface area contributed by atoms with Crippen LogP contribution in [0.1, 0.15) is 20.3 Å². The van der Waals surface area contributed by atoms with E-state index < -0.39 is 12.7 Å². The van der Waals surface area contributed by atoms with Gasteiger partial charge in [0.2, 0.25) is 5.85 Å². The minimum absolute atomic E-state index is 0.225. The van der Waals surface area contributed by atoms with Crippen molar-refractivity contribution in [2.75, 3.05) is 13.7 Å². The van der Waals surface area contributed by atoms with Crippen LogP contribution in [-0.2, 0) is 9.47 Å². The van der Waals surface area contributed by atoms with E-state index in [2.05, 4.69) is 9.47 Å². The molecule has 0 saturated heterocycles. The molecule has 0 aromatic rings. The molecule has 0 amide bonds. The van der Waals surface area contributed by atoms with Gasteiger partial charge in [0.1, 0.15) is 0 Å². The van der Waals surface area contributed by atoms with Gasteiger partial charge in [-0.25, -0.2) is 8.78 Å². The molecule has 0 fully saturated rings. The van der Waals surface area contributed by atoms with Crippen LogP contribution < -0.4 is 0 Å². The van der Waals surface area contributed by atoms with Crippen LogP contribution in [0.25, 0.3) is 0 Å². The van der Waals surface area contributed by atoms with E-state index in [1.54, 1.807) is 6.92 Å². The van der Waals surface area contributed by atoms with E-state index in [4.69, 9.17) is 0 Å². The van der Waals surface area contributed by atoms with Gasteiger partial charge in [-0.15, -0.1) is 0 Å². The van der Waals surface area contributed by atoms with Crippen LogP contribution >= 0.6 is 0 Å². The predicted molar refractivity (Wildman–Crippen MR) is 32.8 cm³/mol. The molecule has 0 saturated carbocycles. The first-order valence-electron chi connectivity index (χ1n) is 3.09. The van der Waals surface area contributed by atoms with Crippen LogP contribution in [0.5, 0.6) is 0 Å². The van der Waals surface area contributed by atoms with E-state index in [0.717, 1.165) is 0 Å². The highest BCUT2D eigenvalue weighted by Gasteiger charge is 2.20. The van der Waals surface area contributed by atoms with Gasteiger partial charge in [-0.05, 0) is 6.92 Å². The average Bonchev–Trinajstić information content (AvgIpc) is 1.89. The Balaban J connectivity index is 3.28. The highest BCUT2D eigenvalue weighted by atomic mass is 19.2. The van der Waals surface area contributed by atoms with E-state index in [1.807, 2.05) is 0 Å². The van der Waals surface area contributed by atoms with Gasteiger partial charge in [-0.1, -0.05) is 6.92 Å². The Bertz CT molecular complexity index is 85.8. The molecule has 0 N–H and O–H groups in total. The topological polar surface area (TPSA) is 18.5 Å². The minimum Gasteiger partial charge on any atom is -0.324 e. The summed E-state index contributed by atoms with van der Waals surface area (Å²) in [6.07, 6.45) is 0.225. The van der Waals surface area contributed by atoms with Crippen molar-refractivity contribution in [1.29, 1.82) is 0 Å². The van der Waals surface area contributed by atoms with Crippen molar-refractivity contribution < 1.29 is 18.3 Å². The number of rotatable bonds is 5. The second-order valence-electron chi connectivity index (χ2n) is 2.03. The van der Waals surface area contributed by atoms with Gasteiger partial charge in [-0.2, -0.15) is 0 Å². The summed E-state index contributed by atoms with van der Waals surface area (Å²) in [4.78, 5) is 0. The molecule has 0 aliphatic carbocycles. The molecule has 0 aliphatic rings. The molecule has 0 rings (SSSR count). The van der Waals surface area contributed by atoms with Crippen LogP contribution in [-0.4, -0.2) is 19.5 Å². The molecular weight excluding hydrogens is 142 g/mol. The first-order chi connectivity index (χ1) is 4.62. The fraction of sp³-hybridized carbons (Fsp3) is 1.00. The van der Waals surface area contributed by atoms with Gasteiger partial charge in [-0.3, -0.25) is 0 Å². The summed E-state index contributed by atoms with van der Waals surface area (Å²) in [5.74, 6) is -1.70. The van der Waals surface area contributed by atoms with Crippen LogP contribution in [0, 0.1) is 0 Å². The van der Waals surface area contributed by atoms with E-state index in [9.17, 15) is 8.78 Å². The lowest BCUT2D eigenvalue weighted by Gasteiger charge is -2.17. The lowest BCUT2D eigenvalue weighted by molar-refractivity contribution is -0.205. The monoisotopic (exact) mass is 154 g/mol. The van der Waals surface area contributed by atoms with Crippen molar-refractivity contribution in [3.05, 3.63) is 0 Å². The van der Waals surface area contributed by atoms with Crippen LogP contribution in [0.15, 0.2) is 0 Å². The predicted octanol–water partition coefficient (Wildman–Crippen LogP) is 2.00. The van der Waals surface area contributed by atoms with Crippen molar-refractivity contribution in [1.82, 2.24) is 0 Å². The van der Waals surface area contributed by atoms with Crippen LogP contribution in [0.4, 0.5) is 8.78 Å². The Labute approximate surface area is 59.1 Å². The summed E-state index contributed by atoms with van der Waals surface area (Å²) in [6, 6.07) is 0. The van der Waals surface area contributed by atoms with Crippen LogP contribution in [0.3, 0.4) is 0 Å². The van der Waals surface area contributed by atoms with Gasteiger partial charge < -0.3 is 9.47 Å². The molecule has 0 radical (unpaired) electrons. The van der Waals surface area contributed by atoms with Crippen molar-refractivity contribution in [2.45, 2.75) is 26.1 Å². The molecule has 4 heteroatoms. The largest absolute Gasteiger partial charge is 0.324 e. The number of hydrogen-bond donors (Lipinski definition) is 0. The SMILES string of the molecule is CCC(C)(F)OCOCF. The average molecular weight is 154 g/mol. The highest BCUT2D eigenvalue weighted by molar-refractivity contribution is 4.53. The molecule has 1 atom stereocenters. The third-order valence-corrected chi connectivity index (χ3v) is 1.15. The Hall–Kier alpha value is -0.220. The molecule has 0 spiro atoms. The molecule has 0 bridgehead atoms. The molecule has 2 nitrogen and oxygen atoms in total. The molecule has 10 heavy (non-hydrogen) atoms. The van der Waals surface area contributed by atoms with Crippen molar-refractivity contribution in [3.8, 4) is 0 Å². The fourth-order valence-electron chi connectivity index (χ4n) is 0.298. The minimum atomic E-state index is -1.70. The lowest BCUT2D eigenvalue weighted by Crippen LogP contribution is -2.22. The fourth-order valence-corrected chi connectivity index (χ4v) is 0.298. The van der Waals surface area contributed by atoms with Crippen molar-refractivity contribution in [3.63, 3.8) is 0 Å². The summed E-state index contributed by atoms with van der Waals surface area (Å²) < 4.78 is 32.6. The Kier molecular flexibility index (Phi) is 4.47. The van der Waals surface area contributed by atoms with E-state index >= 15 is 0 Å². The smallest absolute Gasteiger partial charge is 0.208 e. The second-order valence-corrected chi connectivity index (χ2v) is 2.03. The van der Waals surface area contributed by atoms with Gasteiger partial charge in [0, 0.05) is 6.42 Å². The van der Waals surface area contributed by atoms with Crippen molar-refractivity contribution in [2.24, 2.45) is 0 Å². The third kappa shape index (κ3) is 4.64. The first-order valence-corrected chi connectivity index (χ1v) is 3.09. The zero-order chi connectivity index (χ0) is 8.04. The van der Waals surface area contributed by atoms with Crippen molar-refractivity contribution >= 4 is 0 Å². The summed E-state index contributed by atoms with van der Waals surface area (Å²) in [7, 11) is 0. The molecular formula is C6H12F2O2. The zero-order valence-corrected chi connectivity index (χ0v) is 6.19. The number of hydrogen-bond acceptors (Lipinski definition) is 2. The van der Waals surface area contributed by atoms with Gasteiger partial charge >= 0.3 is 0 Å². The molecule has 0 aromatic carbocycles. The standard InChI is InChI=1S/C6H12F2O2/c1-3-6(2,8)10-5-9-4-7/h3-5H2,1-2H3. The Morgan fingerprint density at radius 2 is 2.10 bits per heavy atom. The molecule has 0 aromatic heterocycles. The summed E-state index contributed by atoms with van der Waals surface area (Å²) in [6.45, 7) is 1.63. The van der Waals surface area contributed by atoms with E-state index in [1.165, 1.54) is 6.92 Å². The van der Waals surface area contributed by atoms with Crippen LogP contribution in [0.2, 0.25) is 0 Å². The molecule has 62 valence electrons. The highest BCUT2D eigenvalue weighted by Crippen LogP contribution is 2.15. The summed E-state index contributed by atoms with van der Waals surface area (Å²) in [5.41, 5.74) is 0. The third-order valence-electron chi connectivity index (χ3n) is 1.15. The van der Waals surface area contributed by atoms with Gasteiger partial charge in [0.05, 0.1) is 0 Å². The van der Waals surface area contributed by atoms with Gasteiger partial charge in [0.25, 0.3) is 0 Å². The van der Waals surface area contributed by atoms with Gasteiger partial charge in [0.15, 0.2) is 13.7 Å². The number of halogens is 2. The summed E-state index contributed by atoms with van der Waals surface area (Å²) >= 11 is 0. The maximum Gasteiger partial charge on any atom is 0.208 e. The van der Waals surface area contributed by atoms with E-state index in [-0.39, 0.29) is 13.2 Å². The second kappa shape index (κ2) is 4.57. The zero-order valence-electron chi connectivity index (χ0n) is 6.19. The Morgan fingerprint density at radius 3 is 2.50 bits per heavy atom. The number of alkyl halides is 2. The maximum atomic E-state index is 12.7. The Morgan fingerprint density at radius 1 is 1.50 bits per heavy atom. The first kappa shape index (κ1) is 9.78.